The fraction of sp³-hybridized carbons (Fsp3) is 0.929. The lowest BCUT2D eigenvalue weighted by atomic mass is 9.94. The molecule has 2 N–H and O–H groups in total. The van der Waals surface area contributed by atoms with Crippen molar-refractivity contribution in [2.45, 2.75) is 57.5 Å². The third-order valence-corrected chi connectivity index (χ3v) is 3.85. The van der Waals surface area contributed by atoms with E-state index in [1.165, 1.54) is 0 Å². The number of ether oxygens (including phenoxy) is 1. The SMILES string of the molecule is COC1(C)CCCN(C(=O)CCCCCCN)C1. The number of nitrogens with zero attached hydrogens (tertiary/aromatic N) is 1. The molecule has 1 aliphatic heterocycles. The van der Waals surface area contributed by atoms with Crippen molar-refractivity contribution in [2.24, 2.45) is 5.73 Å². The first-order valence-electron chi connectivity index (χ1n) is 7.14. The van der Waals surface area contributed by atoms with Crippen LogP contribution in [0.15, 0.2) is 0 Å². The quantitative estimate of drug-likeness (QED) is 0.708. The number of amides is 1. The second-order valence-electron chi connectivity index (χ2n) is 5.53. The number of likely N-dealkylation sites (tertiary alicyclic amines) is 1. The van der Waals surface area contributed by atoms with Crippen LogP contribution in [-0.2, 0) is 9.53 Å². The van der Waals surface area contributed by atoms with E-state index in [-0.39, 0.29) is 11.5 Å². The second-order valence-corrected chi connectivity index (χ2v) is 5.53. The van der Waals surface area contributed by atoms with Crippen LogP contribution in [0.5, 0.6) is 0 Å². The molecular weight excluding hydrogens is 228 g/mol. The van der Waals surface area contributed by atoms with Crippen molar-refractivity contribution < 1.29 is 9.53 Å². The summed E-state index contributed by atoms with van der Waals surface area (Å²) in [6.07, 6.45) is 7.06. The third-order valence-electron chi connectivity index (χ3n) is 3.85. The number of piperidine rings is 1. The number of nitrogens with two attached hydrogens (primary N) is 1. The Hall–Kier alpha value is -0.610. The summed E-state index contributed by atoms with van der Waals surface area (Å²) >= 11 is 0. The van der Waals surface area contributed by atoms with Gasteiger partial charge in [0.05, 0.1) is 5.60 Å². The molecule has 18 heavy (non-hydrogen) atoms. The van der Waals surface area contributed by atoms with E-state index in [4.69, 9.17) is 10.5 Å². The van der Waals surface area contributed by atoms with Crippen LogP contribution >= 0.6 is 0 Å². The first-order valence-corrected chi connectivity index (χ1v) is 7.14. The van der Waals surface area contributed by atoms with Crippen LogP contribution in [0.25, 0.3) is 0 Å². The van der Waals surface area contributed by atoms with Gasteiger partial charge in [-0.2, -0.15) is 0 Å². The number of methoxy groups -OCH3 is 1. The molecule has 0 aromatic carbocycles. The molecule has 1 rings (SSSR count). The lowest BCUT2D eigenvalue weighted by Gasteiger charge is -2.39. The average Bonchev–Trinajstić information content (AvgIpc) is 2.38. The summed E-state index contributed by atoms with van der Waals surface area (Å²) in [5.41, 5.74) is 5.30. The molecule has 4 heteroatoms. The second kappa shape index (κ2) is 7.74. The highest BCUT2D eigenvalue weighted by atomic mass is 16.5. The topological polar surface area (TPSA) is 55.6 Å². The molecule has 1 atom stereocenters. The molecule has 1 heterocycles. The van der Waals surface area contributed by atoms with Crippen molar-refractivity contribution in [3.8, 4) is 0 Å². The molecule has 1 unspecified atom stereocenters. The Morgan fingerprint density at radius 1 is 1.33 bits per heavy atom. The Morgan fingerprint density at radius 3 is 2.72 bits per heavy atom. The maximum absolute atomic E-state index is 12.1. The minimum Gasteiger partial charge on any atom is -0.377 e. The van der Waals surface area contributed by atoms with Crippen LogP contribution in [0.3, 0.4) is 0 Å². The van der Waals surface area contributed by atoms with Gasteiger partial charge in [0.15, 0.2) is 0 Å². The number of carbonyl (C=O) groups excluding carboxylic acids is 1. The zero-order valence-electron chi connectivity index (χ0n) is 11.9. The predicted molar refractivity (Wildman–Crippen MR) is 73.4 cm³/mol. The Labute approximate surface area is 111 Å². The van der Waals surface area contributed by atoms with Crippen molar-refractivity contribution in [1.82, 2.24) is 4.90 Å². The summed E-state index contributed by atoms with van der Waals surface area (Å²) in [6, 6.07) is 0. The van der Waals surface area contributed by atoms with Gasteiger partial charge in [0.2, 0.25) is 5.91 Å². The minimum absolute atomic E-state index is 0.145. The van der Waals surface area contributed by atoms with Gasteiger partial charge in [0, 0.05) is 26.6 Å². The monoisotopic (exact) mass is 256 g/mol. The molecule has 0 aliphatic carbocycles. The maximum Gasteiger partial charge on any atom is 0.222 e. The molecule has 106 valence electrons. The Kier molecular flexibility index (Phi) is 6.65. The van der Waals surface area contributed by atoms with Gasteiger partial charge in [-0.1, -0.05) is 12.8 Å². The summed E-state index contributed by atoms with van der Waals surface area (Å²) in [4.78, 5) is 14.0. The van der Waals surface area contributed by atoms with Crippen LogP contribution in [0, 0.1) is 0 Å². The van der Waals surface area contributed by atoms with Gasteiger partial charge in [-0.15, -0.1) is 0 Å². The van der Waals surface area contributed by atoms with Crippen molar-refractivity contribution in [1.29, 1.82) is 0 Å². The highest BCUT2D eigenvalue weighted by molar-refractivity contribution is 5.76. The number of unbranched alkanes of at least 4 members (excludes halogenated alkanes) is 3. The minimum atomic E-state index is -0.145. The molecular formula is C14H28N2O2. The van der Waals surface area contributed by atoms with Crippen molar-refractivity contribution in [3.63, 3.8) is 0 Å². The molecule has 0 spiro atoms. The zero-order chi connectivity index (χ0) is 13.4. The first kappa shape index (κ1) is 15.4. The van der Waals surface area contributed by atoms with Crippen LogP contribution in [-0.4, -0.2) is 43.2 Å². The third kappa shape index (κ3) is 4.94. The number of hydrogen-bond acceptors (Lipinski definition) is 3. The Morgan fingerprint density at radius 2 is 2.06 bits per heavy atom. The van der Waals surface area contributed by atoms with E-state index in [1.807, 2.05) is 4.90 Å². The number of carbonyl (C=O) groups is 1. The first-order chi connectivity index (χ1) is 8.61. The number of hydrogen-bond donors (Lipinski definition) is 1. The summed E-state index contributed by atoms with van der Waals surface area (Å²) in [5.74, 6) is 0.283. The smallest absolute Gasteiger partial charge is 0.222 e. The Bertz CT molecular complexity index is 258. The summed E-state index contributed by atoms with van der Waals surface area (Å²) in [5, 5.41) is 0. The zero-order valence-corrected chi connectivity index (χ0v) is 11.9. The molecule has 0 aromatic heterocycles. The van der Waals surface area contributed by atoms with Gasteiger partial charge in [-0.3, -0.25) is 4.79 Å². The normalized spacial score (nSPS) is 24.3. The molecule has 1 aliphatic rings. The van der Waals surface area contributed by atoms with Crippen LogP contribution < -0.4 is 5.73 Å². The van der Waals surface area contributed by atoms with Crippen molar-refractivity contribution in [2.75, 3.05) is 26.7 Å². The average molecular weight is 256 g/mol. The highest BCUT2D eigenvalue weighted by Gasteiger charge is 2.32. The van der Waals surface area contributed by atoms with E-state index >= 15 is 0 Å². The maximum atomic E-state index is 12.1. The van der Waals surface area contributed by atoms with Gasteiger partial charge in [-0.05, 0) is 39.2 Å². The van der Waals surface area contributed by atoms with Gasteiger partial charge >= 0.3 is 0 Å². The van der Waals surface area contributed by atoms with Gasteiger partial charge in [0.25, 0.3) is 0 Å². The fourth-order valence-corrected chi connectivity index (χ4v) is 2.52. The lowest BCUT2D eigenvalue weighted by Crippen LogP contribution is -2.49. The molecule has 0 saturated carbocycles. The summed E-state index contributed by atoms with van der Waals surface area (Å²) in [7, 11) is 1.74. The van der Waals surface area contributed by atoms with Crippen molar-refractivity contribution in [3.05, 3.63) is 0 Å². The van der Waals surface area contributed by atoms with E-state index in [2.05, 4.69) is 6.92 Å². The van der Waals surface area contributed by atoms with E-state index in [0.717, 1.165) is 58.2 Å². The van der Waals surface area contributed by atoms with E-state index in [1.54, 1.807) is 7.11 Å². The van der Waals surface area contributed by atoms with Crippen molar-refractivity contribution >= 4 is 5.91 Å². The van der Waals surface area contributed by atoms with Crippen LogP contribution in [0.1, 0.15) is 51.9 Å². The Balaban J connectivity index is 2.24. The standard InChI is InChI=1S/C14H28N2O2/c1-14(18-2)9-7-11-16(12-14)13(17)8-5-3-4-6-10-15/h3-12,15H2,1-2H3. The molecule has 1 amide bonds. The van der Waals surface area contributed by atoms with Gasteiger partial charge < -0.3 is 15.4 Å². The van der Waals surface area contributed by atoms with Gasteiger partial charge in [-0.25, -0.2) is 0 Å². The summed E-state index contributed by atoms with van der Waals surface area (Å²) in [6.45, 7) is 4.48. The molecule has 1 saturated heterocycles. The number of rotatable bonds is 7. The van der Waals surface area contributed by atoms with E-state index < -0.39 is 0 Å². The summed E-state index contributed by atoms with van der Waals surface area (Å²) < 4.78 is 5.51. The molecule has 0 bridgehead atoms. The van der Waals surface area contributed by atoms with Crippen LogP contribution in [0.4, 0.5) is 0 Å². The molecule has 1 fully saturated rings. The predicted octanol–water partition coefficient (Wildman–Crippen LogP) is 1.92. The molecule has 0 aromatic rings. The molecule has 0 radical (unpaired) electrons. The van der Waals surface area contributed by atoms with E-state index in [9.17, 15) is 4.79 Å². The van der Waals surface area contributed by atoms with Crippen LogP contribution in [0.2, 0.25) is 0 Å². The van der Waals surface area contributed by atoms with Gasteiger partial charge in [0.1, 0.15) is 0 Å². The largest absolute Gasteiger partial charge is 0.377 e. The van der Waals surface area contributed by atoms with E-state index in [0.29, 0.717) is 6.42 Å². The fourth-order valence-electron chi connectivity index (χ4n) is 2.52. The highest BCUT2D eigenvalue weighted by Crippen LogP contribution is 2.24. The molecule has 4 nitrogen and oxygen atoms in total. The lowest BCUT2D eigenvalue weighted by molar-refractivity contribution is -0.139.